The van der Waals surface area contributed by atoms with Gasteiger partial charge in [-0.1, -0.05) is 133 Å². The molecule has 52 heavy (non-hydrogen) atoms. The highest BCUT2D eigenvalue weighted by Gasteiger charge is 2.50. The van der Waals surface area contributed by atoms with E-state index >= 15 is 0 Å². The fourth-order valence-electron chi connectivity index (χ4n) is 9.50. The zero-order valence-electron chi connectivity index (χ0n) is 28.1. The molecule has 0 saturated carbocycles. The molecule has 8 aromatic carbocycles. The van der Waals surface area contributed by atoms with Gasteiger partial charge in [0.05, 0.1) is 33.2 Å². The molecular formula is C49H30N2O. The van der Waals surface area contributed by atoms with Crippen molar-refractivity contribution in [1.82, 2.24) is 9.13 Å². The third-order valence-corrected chi connectivity index (χ3v) is 11.6. The van der Waals surface area contributed by atoms with Crippen LogP contribution in [0.25, 0.3) is 66.1 Å². The molecule has 2 aliphatic heterocycles. The van der Waals surface area contributed by atoms with Crippen molar-refractivity contribution in [3.63, 3.8) is 0 Å². The van der Waals surface area contributed by atoms with E-state index in [9.17, 15) is 0 Å². The van der Waals surface area contributed by atoms with Crippen molar-refractivity contribution >= 4 is 43.6 Å². The third-order valence-electron chi connectivity index (χ3n) is 11.6. The molecule has 0 N–H and O–H groups in total. The van der Waals surface area contributed by atoms with Gasteiger partial charge in [-0.15, -0.1) is 0 Å². The first-order valence-electron chi connectivity index (χ1n) is 17.9. The zero-order chi connectivity index (χ0) is 34.0. The Kier molecular flexibility index (Phi) is 5.43. The van der Waals surface area contributed by atoms with E-state index in [0.717, 1.165) is 28.3 Å². The minimum Gasteiger partial charge on any atom is -0.457 e. The molecule has 0 radical (unpaired) electrons. The molecule has 0 aliphatic carbocycles. The third kappa shape index (κ3) is 3.45. The summed E-state index contributed by atoms with van der Waals surface area (Å²) in [5, 5.41) is 4.96. The highest BCUT2D eigenvalue weighted by atomic mass is 16.5. The van der Waals surface area contributed by atoms with Crippen LogP contribution in [0.15, 0.2) is 182 Å². The molecular weight excluding hydrogens is 633 g/mol. The van der Waals surface area contributed by atoms with Crippen molar-refractivity contribution in [3.8, 4) is 34.0 Å². The normalized spacial score (nSPS) is 15.5. The average molecular weight is 663 g/mol. The van der Waals surface area contributed by atoms with E-state index < -0.39 is 5.41 Å². The maximum absolute atomic E-state index is 7.01. The summed E-state index contributed by atoms with van der Waals surface area (Å²) in [6.45, 7) is 0. The summed E-state index contributed by atoms with van der Waals surface area (Å²) in [7, 11) is 0. The first-order valence-corrected chi connectivity index (χ1v) is 17.9. The molecule has 0 fully saturated rings. The minimum atomic E-state index is -0.612. The van der Waals surface area contributed by atoms with Crippen LogP contribution in [0.4, 0.5) is 0 Å². The van der Waals surface area contributed by atoms with E-state index in [1.807, 2.05) is 0 Å². The van der Waals surface area contributed by atoms with Crippen molar-refractivity contribution in [3.05, 3.63) is 204 Å². The predicted octanol–water partition coefficient (Wildman–Crippen LogP) is 12.3. The van der Waals surface area contributed by atoms with Crippen LogP contribution in [0.1, 0.15) is 22.3 Å². The Morgan fingerprint density at radius 3 is 1.81 bits per heavy atom. The number of benzene rings is 8. The van der Waals surface area contributed by atoms with Crippen LogP contribution in [-0.2, 0) is 5.41 Å². The fourth-order valence-corrected chi connectivity index (χ4v) is 9.50. The lowest BCUT2D eigenvalue weighted by atomic mass is 9.61. The Morgan fingerprint density at radius 2 is 0.981 bits per heavy atom. The number of nitrogens with zero attached hydrogens (tertiary/aromatic N) is 2. The maximum Gasteiger partial charge on any atom is 0.134 e. The van der Waals surface area contributed by atoms with Crippen LogP contribution in [0.2, 0.25) is 0 Å². The lowest BCUT2D eigenvalue weighted by Crippen LogP contribution is -2.37. The van der Waals surface area contributed by atoms with Crippen molar-refractivity contribution < 1.29 is 4.74 Å². The summed E-state index contributed by atoms with van der Waals surface area (Å²) < 4.78 is 11.9. The summed E-state index contributed by atoms with van der Waals surface area (Å²) in [6, 6.07) is 66.4. The quantitative estimate of drug-likeness (QED) is 0.180. The average Bonchev–Trinajstić information content (AvgIpc) is 3.72. The second-order valence-corrected chi connectivity index (χ2v) is 14.1. The van der Waals surface area contributed by atoms with E-state index in [1.54, 1.807) is 0 Å². The SMILES string of the molecule is c1ccc(-c2ccc(-n3c4ccccc4c4cc5c(cc43)Oc3ccccc3C53c4ccccc4-n4c5ccccc5c5cccc3c54)cc2)cc1. The first kappa shape index (κ1) is 27.9. The number of hydrogen-bond acceptors (Lipinski definition) is 1. The van der Waals surface area contributed by atoms with Crippen LogP contribution < -0.4 is 4.74 Å². The number of para-hydroxylation sites is 5. The largest absolute Gasteiger partial charge is 0.457 e. The van der Waals surface area contributed by atoms with E-state index in [1.165, 1.54) is 71.6 Å². The van der Waals surface area contributed by atoms with Gasteiger partial charge in [0.25, 0.3) is 0 Å². The number of fused-ring (bicyclic) bond motifs is 14. The second kappa shape index (κ2) is 10.1. The molecule has 242 valence electrons. The van der Waals surface area contributed by atoms with Crippen LogP contribution in [-0.4, -0.2) is 9.13 Å². The number of aromatic nitrogens is 2. The van der Waals surface area contributed by atoms with Gasteiger partial charge >= 0.3 is 0 Å². The number of ether oxygens (including phenoxy) is 1. The van der Waals surface area contributed by atoms with Gasteiger partial charge in [-0.3, -0.25) is 0 Å². The van der Waals surface area contributed by atoms with Gasteiger partial charge in [-0.05, 0) is 64.7 Å². The summed E-state index contributed by atoms with van der Waals surface area (Å²) >= 11 is 0. The van der Waals surface area contributed by atoms with Crippen molar-refractivity contribution in [2.75, 3.05) is 0 Å². The van der Waals surface area contributed by atoms with E-state index in [-0.39, 0.29) is 0 Å². The molecule has 1 spiro atoms. The topological polar surface area (TPSA) is 19.1 Å². The van der Waals surface area contributed by atoms with Crippen LogP contribution in [0.3, 0.4) is 0 Å². The molecule has 2 aromatic heterocycles. The molecule has 0 saturated heterocycles. The Morgan fingerprint density at radius 1 is 0.365 bits per heavy atom. The van der Waals surface area contributed by atoms with Crippen LogP contribution in [0.5, 0.6) is 11.5 Å². The highest BCUT2D eigenvalue weighted by Crippen LogP contribution is 2.61. The Labute approximate surface area is 300 Å². The van der Waals surface area contributed by atoms with Crippen molar-refractivity contribution in [2.24, 2.45) is 0 Å². The molecule has 3 heteroatoms. The molecule has 3 nitrogen and oxygen atoms in total. The molecule has 0 amide bonds. The lowest BCUT2D eigenvalue weighted by molar-refractivity contribution is 0.435. The zero-order valence-corrected chi connectivity index (χ0v) is 28.1. The fraction of sp³-hybridized carbons (Fsp3) is 0.0204. The minimum absolute atomic E-state index is 0.612. The molecule has 10 aromatic rings. The van der Waals surface area contributed by atoms with Crippen LogP contribution in [0, 0.1) is 0 Å². The van der Waals surface area contributed by atoms with Gasteiger partial charge in [-0.2, -0.15) is 0 Å². The Hall–Kier alpha value is -6.84. The maximum atomic E-state index is 7.01. The molecule has 12 rings (SSSR count). The van der Waals surface area contributed by atoms with Gasteiger partial charge in [0.2, 0.25) is 0 Å². The monoisotopic (exact) mass is 662 g/mol. The molecule has 1 unspecified atom stereocenters. The summed E-state index contributed by atoms with van der Waals surface area (Å²) in [4.78, 5) is 0. The Bertz CT molecular complexity index is 3090. The van der Waals surface area contributed by atoms with E-state index in [4.69, 9.17) is 4.74 Å². The predicted molar refractivity (Wildman–Crippen MR) is 212 cm³/mol. The second-order valence-electron chi connectivity index (χ2n) is 14.1. The lowest BCUT2D eigenvalue weighted by Gasteiger charge is -2.45. The van der Waals surface area contributed by atoms with Crippen LogP contribution >= 0.6 is 0 Å². The number of hydrogen-bond donors (Lipinski definition) is 0. The van der Waals surface area contributed by atoms with Gasteiger partial charge in [0.1, 0.15) is 11.5 Å². The van der Waals surface area contributed by atoms with Gasteiger partial charge in [0.15, 0.2) is 0 Å². The van der Waals surface area contributed by atoms with Crippen molar-refractivity contribution in [2.45, 2.75) is 5.41 Å². The van der Waals surface area contributed by atoms with Gasteiger partial charge < -0.3 is 13.9 Å². The van der Waals surface area contributed by atoms with Gasteiger partial charge in [0, 0.05) is 44.4 Å². The van der Waals surface area contributed by atoms with E-state index in [0.29, 0.717) is 0 Å². The van der Waals surface area contributed by atoms with Crippen molar-refractivity contribution in [1.29, 1.82) is 0 Å². The standard InChI is InChI=1S/C49H30N2O/c1-2-13-31(14-3-1)32-25-27-33(28-26-32)50-42-21-8-5-16-35(42)37-29-41-47(30-45(37)50)52-46-24-11-7-19-39(46)49(41)38-18-6-10-23-44(38)51-43-22-9-4-15-34(43)36-17-12-20-40(49)48(36)51/h1-30H. The van der Waals surface area contributed by atoms with Gasteiger partial charge in [-0.25, -0.2) is 0 Å². The molecule has 1 atom stereocenters. The summed E-state index contributed by atoms with van der Waals surface area (Å²) in [6.07, 6.45) is 0. The summed E-state index contributed by atoms with van der Waals surface area (Å²) in [5.41, 5.74) is 13.8. The number of rotatable bonds is 2. The first-order chi connectivity index (χ1) is 25.8. The molecule has 4 heterocycles. The Balaban J connectivity index is 1.20. The molecule has 2 aliphatic rings. The summed E-state index contributed by atoms with van der Waals surface area (Å²) in [5.74, 6) is 1.77. The molecule has 0 bridgehead atoms. The van der Waals surface area contributed by atoms with E-state index in [2.05, 4.69) is 191 Å². The smallest absolute Gasteiger partial charge is 0.134 e. The highest BCUT2D eigenvalue weighted by molar-refractivity contribution is 6.13.